The van der Waals surface area contributed by atoms with Crippen LogP contribution in [0.25, 0.3) is 0 Å². The highest BCUT2D eigenvalue weighted by molar-refractivity contribution is 5.99. The number of aliphatic carboxylic acids is 1. The Bertz CT molecular complexity index is 1260. The van der Waals surface area contributed by atoms with Gasteiger partial charge in [0.1, 0.15) is 11.3 Å². The van der Waals surface area contributed by atoms with Crippen LogP contribution in [0, 0.1) is 11.8 Å². The fourth-order valence-electron chi connectivity index (χ4n) is 6.17. The molecule has 0 spiro atoms. The zero-order chi connectivity index (χ0) is 27.8. The molecule has 3 unspecified atom stereocenters. The molecule has 2 heterocycles. The van der Waals surface area contributed by atoms with Crippen LogP contribution in [0.3, 0.4) is 0 Å². The Morgan fingerprint density at radius 2 is 2.03 bits per heavy atom. The topological polar surface area (TPSA) is 114 Å². The summed E-state index contributed by atoms with van der Waals surface area (Å²) >= 11 is 0. The molecule has 210 valence electrons. The van der Waals surface area contributed by atoms with Crippen LogP contribution in [-0.2, 0) is 22.1 Å². The number of hydrogen-bond donors (Lipinski definition) is 2. The van der Waals surface area contributed by atoms with Gasteiger partial charge in [0.05, 0.1) is 12.2 Å². The summed E-state index contributed by atoms with van der Waals surface area (Å²) in [7, 11) is 1.64. The minimum atomic E-state index is -4.95. The summed E-state index contributed by atoms with van der Waals surface area (Å²) in [4.78, 5) is 34.7. The first-order chi connectivity index (χ1) is 18.6. The minimum Gasteiger partial charge on any atom is -0.494 e. The highest BCUT2D eigenvalue weighted by atomic mass is 19.4. The average Bonchev–Trinajstić information content (AvgIpc) is 3.62. The van der Waals surface area contributed by atoms with Crippen molar-refractivity contribution in [1.29, 1.82) is 0 Å². The van der Waals surface area contributed by atoms with Gasteiger partial charge in [-0.25, -0.2) is 14.8 Å². The van der Waals surface area contributed by atoms with Gasteiger partial charge in [-0.3, -0.25) is 4.79 Å². The Kier molecular flexibility index (Phi) is 7.41. The molecule has 2 bridgehead atoms. The third kappa shape index (κ3) is 5.26. The summed E-state index contributed by atoms with van der Waals surface area (Å²) < 4.78 is 53.1. The van der Waals surface area contributed by atoms with E-state index in [0.717, 1.165) is 31.0 Å². The monoisotopic (exact) mass is 548 g/mol. The van der Waals surface area contributed by atoms with Crippen molar-refractivity contribution in [2.45, 2.75) is 56.7 Å². The van der Waals surface area contributed by atoms with Gasteiger partial charge >= 0.3 is 12.1 Å². The standard InChI is InChI=1S/C27H31F3N4O5/c1-38-10-2-3-11-39-19-6-7-21-17(13-19)8-9-34(21)25-31-15-20(22(32-25)27(28,29)30)23(35)33-26(24(36)37)14-16-4-5-18(26)12-16/h6-7,13,15-16,18H,2-5,8-12,14H2,1H3,(H,33,35)(H,36,37). The summed E-state index contributed by atoms with van der Waals surface area (Å²) in [6.07, 6.45) is 0.504. The number of nitrogens with one attached hydrogen (secondary N) is 1. The first kappa shape index (κ1) is 27.2. The van der Waals surface area contributed by atoms with E-state index in [0.29, 0.717) is 50.5 Å². The predicted molar refractivity (Wildman–Crippen MR) is 134 cm³/mol. The average molecular weight is 549 g/mol. The number of benzene rings is 1. The van der Waals surface area contributed by atoms with Gasteiger partial charge in [0.15, 0.2) is 5.69 Å². The van der Waals surface area contributed by atoms with E-state index >= 15 is 0 Å². The molecular weight excluding hydrogens is 517 g/mol. The van der Waals surface area contributed by atoms with Crippen LogP contribution in [0.4, 0.5) is 24.8 Å². The molecule has 2 N–H and O–H groups in total. The van der Waals surface area contributed by atoms with Crippen molar-refractivity contribution < 1.29 is 37.3 Å². The molecule has 5 rings (SSSR count). The third-order valence-corrected chi connectivity index (χ3v) is 8.06. The van der Waals surface area contributed by atoms with Gasteiger partial charge in [0.25, 0.3) is 5.91 Å². The molecule has 12 heteroatoms. The van der Waals surface area contributed by atoms with Crippen molar-refractivity contribution in [2.75, 3.05) is 31.8 Å². The lowest BCUT2D eigenvalue weighted by Gasteiger charge is -2.34. The SMILES string of the molecule is COCCCCOc1ccc2c(c1)CCN2c1ncc(C(=O)NC2(C(=O)O)CC3CCC2C3)c(C(F)(F)F)n1. The van der Waals surface area contributed by atoms with Crippen molar-refractivity contribution >= 4 is 23.5 Å². The van der Waals surface area contributed by atoms with Gasteiger partial charge in [-0.15, -0.1) is 0 Å². The number of fused-ring (bicyclic) bond motifs is 3. The summed E-state index contributed by atoms with van der Waals surface area (Å²) in [5, 5.41) is 12.3. The van der Waals surface area contributed by atoms with E-state index in [1.54, 1.807) is 24.1 Å². The van der Waals surface area contributed by atoms with Crippen molar-refractivity contribution in [1.82, 2.24) is 15.3 Å². The normalized spacial score (nSPS) is 23.6. The highest BCUT2D eigenvalue weighted by Crippen LogP contribution is 2.51. The van der Waals surface area contributed by atoms with E-state index in [1.807, 2.05) is 6.07 Å². The number of methoxy groups -OCH3 is 1. The molecule has 3 atom stereocenters. The number of carbonyl (C=O) groups excluding carboxylic acids is 1. The van der Waals surface area contributed by atoms with Crippen LogP contribution in [0.2, 0.25) is 0 Å². The molecule has 1 aliphatic heterocycles. The number of hydrogen-bond acceptors (Lipinski definition) is 7. The molecule has 1 aromatic carbocycles. The van der Waals surface area contributed by atoms with E-state index in [-0.39, 0.29) is 24.2 Å². The summed E-state index contributed by atoms with van der Waals surface area (Å²) in [6.45, 7) is 1.54. The second-order valence-corrected chi connectivity index (χ2v) is 10.5. The van der Waals surface area contributed by atoms with Gasteiger partial charge in [-0.05, 0) is 80.5 Å². The van der Waals surface area contributed by atoms with E-state index in [9.17, 15) is 27.9 Å². The number of halogens is 3. The highest BCUT2D eigenvalue weighted by Gasteiger charge is 2.57. The Morgan fingerprint density at radius 3 is 2.69 bits per heavy atom. The minimum absolute atomic E-state index is 0.143. The largest absolute Gasteiger partial charge is 0.494 e. The van der Waals surface area contributed by atoms with Crippen LogP contribution in [-0.4, -0.2) is 59.4 Å². The number of rotatable bonds is 10. The molecule has 3 aliphatic rings. The fraction of sp³-hybridized carbons (Fsp3) is 0.556. The first-order valence-corrected chi connectivity index (χ1v) is 13.1. The second-order valence-electron chi connectivity index (χ2n) is 10.5. The van der Waals surface area contributed by atoms with Crippen LogP contribution < -0.4 is 15.0 Å². The predicted octanol–water partition coefficient (Wildman–Crippen LogP) is 4.37. The van der Waals surface area contributed by atoms with Gasteiger partial charge in [-0.1, -0.05) is 0 Å². The lowest BCUT2D eigenvalue weighted by Crippen LogP contribution is -2.58. The smallest absolute Gasteiger partial charge is 0.434 e. The maximum Gasteiger partial charge on any atom is 0.434 e. The molecular formula is C27H31F3N4O5. The third-order valence-electron chi connectivity index (χ3n) is 8.06. The van der Waals surface area contributed by atoms with E-state index < -0.39 is 34.8 Å². The maximum absolute atomic E-state index is 14.1. The zero-order valence-electron chi connectivity index (χ0n) is 21.6. The number of unbranched alkanes of at least 4 members (excludes halogenated alkanes) is 1. The number of anilines is 2. The number of aromatic nitrogens is 2. The van der Waals surface area contributed by atoms with Gasteiger partial charge in [0.2, 0.25) is 5.95 Å². The van der Waals surface area contributed by atoms with Crippen molar-refractivity contribution in [2.24, 2.45) is 11.8 Å². The van der Waals surface area contributed by atoms with Crippen molar-refractivity contribution in [3.8, 4) is 5.75 Å². The van der Waals surface area contributed by atoms with Gasteiger partial charge in [-0.2, -0.15) is 13.2 Å². The summed E-state index contributed by atoms with van der Waals surface area (Å²) in [6, 6.07) is 5.37. The Labute approximate surface area is 223 Å². The fourth-order valence-corrected chi connectivity index (χ4v) is 6.17. The van der Waals surface area contributed by atoms with Crippen LogP contribution >= 0.6 is 0 Å². The van der Waals surface area contributed by atoms with Crippen LogP contribution in [0.15, 0.2) is 24.4 Å². The molecule has 1 amide bonds. The Balaban J connectivity index is 1.36. The number of amides is 1. The number of carboxylic acid groups (broad SMARTS) is 1. The van der Waals surface area contributed by atoms with Gasteiger partial charge < -0.3 is 24.8 Å². The molecule has 2 aliphatic carbocycles. The molecule has 0 radical (unpaired) electrons. The number of alkyl halides is 3. The van der Waals surface area contributed by atoms with Crippen LogP contribution in [0.1, 0.15) is 60.1 Å². The van der Waals surface area contributed by atoms with Gasteiger partial charge in [0, 0.05) is 32.1 Å². The first-order valence-electron chi connectivity index (χ1n) is 13.1. The molecule has 39 heavy (non-hydrogen) atoms. The zero-order valence-corrected chi connectivity index (χ0v) is 21.6. The molecule has 1 aromatic heterocycles. The number of carbonyl (C=O) groups is 2. The Hall–Kier alpha value is -3.41. The lowest BCUT2D eigenvalue weighted by molar-refractivity contribution is -0.146. The van der Waals surface area contributed by atoms with Crippen LogP contribution in [0.5, 0.6) is 5.75 Å². The maximum atomic E-state index is 14.1. The lowest BCUT2D eigenvalue weighted by atomic mass is 9.80. The number of nitrogens with zero attached hydrogens (tertiary/aromatic N) is 3. The van der Waals surface area contributed by atoms with Crippen molar-refractivity contribution in [3.05, 3.63) is 41.2 Å². The molecule has 9 nitrogen and oxygen atoms in total. The van der Waals surface area contributed by atoms with E-state index in [4.69, 9.17) is 9.47 Å². The summed E-state index contributed by atoms with van der Waals surface area (Å²) in [5.74, 6) is -2.02. The van der Waals surface area contributed by atoms with E-state index in [2.05, 4.69) is 15.3 Å². The molecule has 2 aromatic rings. The summed E-state index contributed by atoms with van der Waals surface area (Å²) in [5.41, 5.74) is -2.19. The number of ether oxygens (including phenoxy) is 2. The molecule has 0 saturated heterocycles. The number of carboxylic acids is 1. The Morgan fingerprint density at radius 1 is 1.23 bits per heavy atom. The van der Waals surface area contributed by atoms with E-state index in [1.165, 1.54) is 0 Å². The van der Waals surface area contributed by atoms with Crippen molar-refractivity contribution in [3.63, 3.8) is 0 Å². The second kappa shape index (κ2) is 10.6. The quantitative estimate of drug-likeness (QED) is 0.421. The molecule has 2 saturated carbocycles. The molecule has 2 fully saturated rings.